The Kier molecular flexibility index (Phi) is 4.16. The molecule has 0 bridgehead atoms. The van der Waals surface area contributed by atoms with Gasteiger partial charge in [0.15, 0.2) is 0 Å². The molecule has 0 atom stereocenters. The van der Waals surface area contributed by atoms with Crippen LogP contribution in [0.4, 0.5) is 20.3 Å². The summed E-state index contributed by atoms with van der Waals surface area (Å²) in [5.74, 6) is -2.07. The summed E-state index contributed by atoms with van der Waals surface area (Å²) < 4.78 is 27.0. The Morgan fingerprint density at radius 2 is 1.86 bits per heavy atom. The van der Waals surface area contributed by atoms with Crippen LogP contribution in [-0.4, -0.2) is 10.9 Å². The molecule has 4 nitrogen and oxygen atoms in total. The van der Waals surface area contributed by atoms with Gasteiger partial charge in [-0.15, -0.1) is 0 Å². The summed E-state index contributed by atoms with van der Waals surface area (Å²) in [5, 5.41) is 2.22. The first-order valence-electron chi connectivity index (χ1n) is 6.41. The van der Waals surface area contributed by atoms with Crippen LogP contribution in [0.3, 0.4) is 0 Å². The zero-order valence-corrected chi connectivity index (χ0v) is 11.7. The molecular formula is C15H15F2N3O. The molecule has 0 saturated heterocycles. The Morgan fingerprint density at radius 3 is 2.43 bits per heavy atom. The van der Waals surface area contributed by atoms with E-state index in [-0.39, 0.29) is 17.3 Å². The van der Waals surface area contributed by atoms with Crippen LogP contribution in [-0.2, 0) is 0 Å². The van der Waals surface area contributed by atoms with Gasteiger partial charge in [-0.2, -0.15) is 0 Å². The molecule has 110 valence electrons. The smallest absolute Gasteiger partial charge is 0.256 e. The fourth-order valence-corrected chi connectivity index (χ4v) is 1.80. The first-order valence-corrected chi connectivity index (χ1v) is 6.41. The van der Waals surface area contributed by atoms with Crippen LogP contribution in [0.15, 0.2) is 30.3 Å². The normalized spacial score (nSPS) is 10.7. The number of aromatic nitrogens is 1. The van der Waals surface area contributed by atoms with E-state index in [1.54, 1.807) is 6.07 Å². The van der Waals surface area contributed by atoms with Crippen molar-refractivity contribution in [2.24, 2.45) is 0 Å². The maximum Gasteiger partial charge on any atom is 0.256 e. The van der Waals surface area contributed by atoms with E-state index < -0.39 is 23.2 Å². The number of pyridine rings is 1. The zero-order valence-electron chi connectivity index (χ0n) is 11.7. The lowest BCUT2D eigenvalue weighted by Crippen LogP contribution is -2.15. The molecule has 0 saturated carbocycles. The summed E-state index contributed by atoms with van der Waals surface area (Å²) in [6.45, 7) is 3.81. The molecule has 0 aliphatic rings. The summed E-state index contributed by atoms with van der Waals surface area (Å²) in [7, 11) is 0. The van der Waals surface area contributed by atoms with E-state index in [4.69, 9.17) is 5.73 Å². The van der Waals surface area contributed by atoms with E-state index in [9.17, 15) is 13.6 Å². The third kappa shape index (κ3) is 3.34. The molecule has 0 aliphatic carbocycles. The SMILES string of the molecule is CC(C)c1cc(C(=O)Nc2c(F)cccc2F)cc(N)n1. The highest BCUT2D eigenvalue weighted by molar-refractivity contribution is 6.04. The molecule has 2 rings (SSSR count). The molecule has 6 heteroatoms. The average Bonchev–Trinajstić information content (AvgIpc) is 2.42. The van der Waals surface area contributed by atoms with Gasteiger partial charge in [0.2, 0.25) is 0 Å². The Balaban J connectivity index is 2.33. The number of nitrogens with zero attached hydrogens (tertiary/aromatic N) is 1. The van der Waals surface area contributed by atoms with E-state index >= 15 is 0 Å². The van der Waals surface area contributed by atoms with Crippen molar-refractivity contribution in [1.82, 2.24) is 4.98 Å². The Hall–Kier alpha value is -2.50. The number of rotatable bonds is 3. The number of carbonyl (C=O) groups is 1. The highest BCUT2D eigenvalue weighted by atomic mass is 19.1. The molecule has 0 aliphatic heterocycles. The van der Waals surface area contributed by atoms with Gasteiger partial charge in [-0.05, 0) is 30.2 Å². The average molecular weight is 291 g/mol. The lowest BCUT2D eigenvalue weighted by Gasteiger charge is -2.10. The lowest BCUT2D eigenvalue weighted by molar-refractivity contribution is 0.102. The van der Waals surface area contributed by atoms with Gasteiger partial charge in [0.05, 0.1) is 0 Å². The topological polar surface area (TPSA) is 68.0 Å². The molecule has 1 aromatic heterocycles. The highest BCUT2D eigenvalue weighted by Crippen LogP contribution is 2.21. The number of para-hydroxylation sites is 1. The van der Waals surface area contributed by atoms with Crippen molar-refractivity contribution in [2.45, 2.75) is 19.8 Å². The van der Waals surface area contributed by atoms with Gasteiger partial charge in [0.1, 0.15) is 23.1 Å². The fraction of sp³-hybridized carbons (Fsp3) is 0.200. The molecule has 2 aromatic rings. The van der Waals surface area contributed by atoms with Crippen LogP contribution in [0.25, 0.3) is 0 Å². The molecule has 1 amide bonds. The molecule has 0 radical (unpaired) electrons. The van der Waals surface area contributed by atoms with Gasteiger partial charge in [-0.3, -0.25) is 4.79 Å². The third-order valence-corrected chi connectivity index (χ3v) is 2.92. The summed E-state index contributed by atoms with van der Waals surface area (Å²) >= 11 is 0. The number of nitrogen functional groups attached to an aromatic ring is 1. The van der Waals surface area contributed by atoms with Crippen molar-refractivity contribution in [2.75, 3.05) is 11.1 Å². The monoisotopic (exact) mass is 291 g/mol. The minimum absolute atomic E-state index is 0.0743. The molecule has 1 heterocycles. The van der Waals surface area contributed by atoms with E-state index in [1.807, 2.05) is 13.8 Å². The standard InChI is InChI=1S/C15H15F2N3O/c1-8(2)12-6-9(7-13(18)19-12)15(21)20-14-10(16)4-3-5-11(14)17/h3-8H,1-2H3,(H2,18,19)(H,20,21). The Bertz CT molecular complexity index is 666. The first kappa shape index (κ1) is 14.9. The van der Waals surface area contributed by atoms with Crippen molar-refractivity contribution >= 4 is 17.4 Å². The van der Waals surface area contributed by atoms with Gasteiger partial charge in [-0.1, -0.05) is 19.9 Å². The van der Waals surface area contributed by atoms with Gasteiger partial charge < -0.3 is 11.1 Å². The van der Waals surface area contributed by atoms with Crippen molar-refractivity contribution in [3.8, 4) is 0 Å². The largest absolute Gasteiger partial charge is 0.384 e. The van der Waals surface area contributed by atoms with E-state index in [1.165, 1.54) is 12.1 Å². The first-order chi connectivity index (χ1) is 9.88. The molecular weight excluding hydrogens is 276 g/mol. The maximum atomic E-state index is 13.5. The van der Waals surface area contributed by atoms with Crippen LogP contribution in [0.5, 0.6) is 0 Å². The molecule has 1 aromatic carbocycles. The summed E-state index contributed by atoms with van der Waals surface area (Å²) in [5.41, 5.74) is 6.00. The minimum atomic E-state index is -0.838. The predicted molar refractivity (Wildman–Crippen MR) is 77.0 cm³/mol. The van der Waals surface area contributed by atoms with Gasteiger partial charge in [0, 0.05) is 11.3 Å². The Labute approximate surface area is 121 Å². The van der Waals surface area contributed by atoms with Crippen LogP contribution in [0, 0.1) is 11.6 Å². The summed E-state index contributed by atoms with van der Waals surface area (Å²) in [4.78, 5) is 16.2. The molecule has 0 spiro atoms. The van der Waals surface area contributed by atoms with Gasteiger partial charge in [-0.25, -0.2) is 13.8 Å². The number of hydrogen-bond acceptors (Lipinski definition) is 3. The summed E-state index contributed by atoms with van der Waals surface area (Å²) in [6, 6.07) is 6.27. The molecule has 0 fully saturated rings. The second kappa shape index (κ2) is 5.87. The summed E-state index contributed by atoms with van der Waals surface area (Å²) in [6.07, 6.45) is 0. The van der Waals surface area contributed by atoms with E-state index in [0.717, 1.165) is 12.1 Å². The Morgan fingerprint density at radius 1 is 1.24 bits per heavy atom. The number of carbonyl (C=O) groups excluding carboxylic acids is 1. The van der Waals surface area contributed by atoms with Crippen LogP contribution in [0.2, 0.25) is 0 Å². The zero-order chi connectivity index (χ0) is 15.6. The van der Waals surface area contributed by atoms with E-state index in [0.29, 0.717) is 5.69 Å². The molecule has 3 N–H and O–H groups in total. The predicted octanol–water partition coefficient (Wildman–Crippen LogP) is 3.32. The second-order valence-electron chi connectivity index (χ2n) is 4.91. The third-order valence-electron chi connectivity index (χ3n) is 2.92. The highest BCUT2D eigenvalue weighted by Gasteiger charge is 2.15. The number of amides is 1. The molecule has 0 unspecified atom stereocenters. The quantitative estimate of drug-likeness (QED) is 0.911. The maximum absolute atomic E-state index is 13.5. The van der Waals surface area contributed by atoms with Crippen molar-refractivity contribution < 1.29 is 13.6 Å². The van der Waals surface area contributed by atoms with Crippen LogP contribution >= 0.6 is 0 Å². The minimum Gasteiger partial charge on any atom is -0.384 e. The van der Waals surface area contributed by atoms with E-state index in [2.05, 4.69) is 10.3 Å². The number of halogens is 2. The number of nitrogens with two attached hydrogens (primary N) is 1. The van der Waals surface area contributed by atoms with Crippen molar-refractivity contribution in [3.05, 3.63) is 53.2 Å². The lowest BCUT2D eigenvalue weighted by atomic mass is 10.1. The number of anilines is 2. The number of nitrogens with one attached hydrogen (secondary N) is 1. The van der Waals surface area contributed by atoms with Crippen LogP contribution in [0.1, 0.15) is 35.8 Å². The van der Waals surface area contributed by atoms with Gasteiger partial charge >= 0.3 is 0 Å². The van der Waals surface area contributed by atoms with Gasteiger partial charge in [0.25, 0.3) is 5.91 Å². The fourth-order valence-electron chi connectivity index (χ4n) is 1.80. The molecule has 21 heavy (non-hydrogen) atoms. The second-order valence-corrected chi connectivity index (χ2v) is 4.91. The number of benzene rings is 1. The van der Waals surface area contributed by atoms with Crippen molar-refractivity contribution in [3.63, 3.8) is 0 Å². The van der Waals surface area contributed by atoms with Crippen molar-refractivity contribution in [1.29, 1.82) is 0 Å². The number of hydrogen-bond donors (Lipinski definition) is 2. The van der Waals surface area contributed by atoms with Crippen LogP contribution < -0.4 is 11.1 Å².